The molecule has 182 valence electrons. The summed E-state index contributed by atoms with van der Waals surface area (Å²) < 4.78 is 25.5. The molecule has 3 heterocycles. The Morgan fingerprint density at radius 3 is 2.68 bits per heavy atom. The largest absolute Gasteiger partial charge is 0.389 e. The Labute approximate surface area is 200 Å². The van der Waals surface area contributed by atoms with E-state index in [1.54, 1.807) is 12.1 Å². The Morgan fingerprint density at radius 1 is 1.06 bits per heavy atom. The second-order valence-electron chi connectivity index (χ2n) is 9.73. The molecule has 1 amide bonds. The first-order chi connectivity index (χ1) is 16.5. The van der Waals surface area contributed by atoms with Gasteiger partial charge in [-0.1, -0.05) is 36.4 Å². The van der Waals surface area contributed by atoms with Crippen molar-refractivity contribution in [3.05, 3.63) is 71.0 Å². The van der Waals surface area contributed by atoms with Crippen LogP contribution in [0.25, 0.3) is 0 Å². The van der Waals surface area contributed by atoms with Crippen LogP contribution >= 0.6 is 0 Å². The van der Waals surface area contributed by atoms with Gasteiger partial charge in [-0.05, 0) is 48.1 Å². The van der Waals surface area contributed by atoms with Crippen molar-refractivity contribution in [2.75, 3.05) is 26.3 Å². The van der Waals surface area contributed by atoms with Crippen molar-refractivity contribution >= 4 is 5.91 Å². The highest BCUT2D eigenvalue weighted by Gasteiger charge is 2.38. The molecule has 2 fully saturated rings. The summed E-state index contributed by atoms with van der Waals surface area (Å²) in [4.78, 5) is 17.3. The molecule has 0 unspecified atom stereocenters. The average Bonchev–Trinajstić information content (AvgIpc) is 2.84. The molecule has 3 aliphatic heterocycles. The summed E-state index contributed by atoms with van der Waals surface area (Å²) in [5.74, 6) is -0.114. The van der Waals surface area contributed by atoms with Crippen molar-refractivity contribution in [3.63, 3.8) is 0 Å². The fourth-order valence-corrected chi connectivity index (χ4v) is 5.48. The number of benzene rings is 2. The Kier molecular flexibility index (Phi) is 7.25. The van der Waals surface area contributed by atoms with E-state index >= 15 is 0 Å². The predicted molar refractivity (Wildman–Crippen MR) is 125 cm³/mol. The molecule has 2 aromatic carbocycles. The molecule has 0 radical (unpaired) electrons. The number of amides is 1. The van der Waals surface area contributed by atoms with Crippen molar-refractivity contribution in [2.24, 2.45) is 0 Å². The quantitative estimate of drug-likeness (QED) is 0.748. The Hall–Kier alpha value is -2.32. The van der Waals surface area contributed by atoms with Crippen LogP contribution in [0.15, 0.2) is 48.5 Å². The van der Waals surface area contributed by atoms with Crippen LogP contribution in [0.1, 0.15) is 36.0 Å². The molecule has 0 aromatic heterocycles. The summed E-state index contributed by atoms with van der Waals surface area (Å²) >= 11 is 0. The maximum absolute atomic E-state index is 13.3. The maximum Gasteiger partial charge on any atom is 0.225 e. The maximum atomic E-state index is 13.3. The number of aliphatic hydroxyl groups excluding tert-OH is 1. The van der Waals surface area contributed by atoms with Gasteiger partial charge in [0.25, 0.3) is 0 Å². The fourth-order valence-electron chi connectivity index (χ4n) is 5.48. The topological polar surface area (TPSA) is 62.2 Å². The number of halogens is 1. The van der Waals surface area contributed by atoms with E-state index in [9.17, 15) is 14.3 Å². The zero-order valence-corrected chi connectivity index (χ0v) is 19.4. The number of nitrogens with zero attached hydrogens (tertiary/aromatic N) is 2. The van der Waals surface area contributed by atoms with Crippen LogP contribution in [0.4, 0.5) is 4.39 Å². The van der Waals surface area contributed by atoms with Gasteiger partial charge in [-0.2, -0.15) is 0 Å². The number of carbonyl (C=O) groups excluding carboxylic acids is 1. The van der Waals surface area contributed by atoms with Crippen LogP contribution in [0.5, 0.6) is 0 Å². The number of ether oxygens (including phenoxy) is 2. The van der Waals surface area contributed by atoms with E-state index in [-0.39, 0.29) is 36.6 Å². The van der Waals surface area contributed by atoms with Gasteiger partial charge in [0.05, 0.1) is 37.9 Å². The number of fused-ring (bicyclic) bond motifs is 2. The molecule has 34 heavy (non-hydrogen) atoms. The van der Waals surface area contributed by atoms with Crippen molar-refractivity contribution in [3.8, 4) is 0 Å². The number of rotatable bonds is 4. The van der Waals surface area contributed by atoms with Gasteiger partial charge in [0.2, 0.25) is 5.91 Å². The van der Waals surface area contributed by atoms with Gasteiger partial charge in [-0.3, -0.25) is 9.69 Å². The number of hydrogen-bond donors (Lipinski definition) is 1. The van der Waals surface area contributed by atoms with Gasteiger partial charge in [-0.25, -0.2) is 4.39 Å². The van der Waals surface area contributed by atoms with Gasteiger partial charge in [-0.15, -0.1) is 0 Å². The third kappa shape index (κ3) is 5.49. The lowest BCUT2D eigenvalue weighted by atomic mass is 9.93. The summed E-state index contributed by atoms with van der Waals surface area (Å²) in [5.41, 5.74) is 3.56. The van der Waals surface area contributed by atoms with Gasteiger partial charge >= 0.3 is 0 Å². The van der Waals surface area contributed by atoms with Gasteiger partial charge in [0, 0.05) is 32.2 Å². The van der Waals surface area contributed by atoms with E-state index in [1.807, 2.05) is 11.0 Å². The van der Waals surface area contributed by atoms with Crippen LogP contribution in [-0.2, 0) is 33.8 Å². The van der Waals surface area contributed by atoms with Crippen molar-refractivity contribution < 1.29 is 23.8 Å². The highest BCUT2D eigenvalue weighted by atomic mass is 19.1. The molecule has 6 nitrogen and oxygen atoms in total. The van der Waals surface area contributed by atoms with Crippen molar-refractivity contribution in [1.82, 2.24) is 9.80 Å². The molecule has 0 aliphatic carbocycles. The molecular formula is C27H33FN2O4. The van der Waals surface area contributed by atoms with E-state index in [2.05, 4.69) is 23.1 Å². The molecule has 3 aliphatic rings. The first-order valence-electron chi connectivity index (χ1n) is 12.3. The summed E-state index contributed by atoms with van der Waals surface area (Å²) in [6.07, 6.45) is 2.05. The Bertz CT molecular complexity index is 985. The lowest BCUT2D eigenvalue weighted by molar-refractivity contribution is -0.161. The highest BCUT2D eigenvalue weighted by Crippen LogP contribution is 2.30. The van der Waals surface area contributed by atoms with Crippen molar-refractivity contribution in [1.29, 1.82) is 0 Å². The Morgan fingerprint density at radius 2 is 1.85 bits per heavy atom. The molecule has 2 aromatic rings. The van der Waals surface area contributed by atoms with E-state index in [4.69, 9.17) is 9.47 Å². The molecule has 0 spiro atoms. The van der Waals surface area contributed by atoms with Crippen molar-refractivity contribution in [2.45, 2.75) is 63.1 Å². The van der Waals surface area contributed by atoms with Crippen LogP contribution < -0.4 is 0 Å². The van der Waals surface area contributed by atoms with Gasteiger partial charge in [0.1, 0.15) is 5.82 Å². The minimum atomic E-state index is -0.581. The second kappa shape index (κ2) is 10.5. The number of aliphatic hydroxyl groups is 1. The zero-order valence-electron chi connectivity index (χ0n) is 19.4. The minimum Gasteiger partial charge on any atom is -0.389 e. The smallest absolute Gasteiger partial charge is 0.225 e. The van der Waals surface area contributed by atoms with Crippen LogP contribution in [0.3, 0.4) is 0 Å². The molecule has 5 rings (SSSR count). The van der Waals surface area contributed by atoms with Crippen LogP contribution in [0.2, 0.25) is 0 Å². The lowest BCUT2D eigenvalue weighted by Gasteiger charge is -2.44. The van der Waals surface area contributed by atoms with Crippen LogP contribution in [0, 0.1) is 5.82 Å². The summed E-state index contributed by atoms with van der Waals surface area (Å²) in [5, 5.41) is 10.4. The fraction of sp³-hybridized carbons (Fsp3) is 0.519. The number of carbonyl (C=O) groups is 1. The standard InChI is InChI=1S/C27H33FN2O4/c28-22-7-5-19(6-8-22)14-30-16-23(31)17-33-18-26-25(30)10-9-24(34-26)13-27(32)29-12-11-20-3-1-2-4-21(20)15-29/h1-8,23-26,31H,9-18H2/t23-,24+,25-,26+/m0/s1. The summed E-state index contributed by atoms with van der Waals surface area (Å²) in [7, 11) is 0. The van der Waals surface area contributed by atoms with Crippen LogP contribution in [-0.4, -0.2) is 71.5 Å². The number of β-amino-alcohol motifs (C(OH)–C–C–N with tert-alkyl or cyclic N) is 1. The zero-order chi connectivity index (χ0) is 23.5. The highest BCUT2D eigenvalue weighted by molar-refractivity contribution is 5.77. The van der Waals surface area contributed by atoms with E-state index in [0.29, 0.717) is 32.7 Å². The van der Waals surface area contributed by atoms with Gasteiger partial charge in [0.15, 0.2) is 0 Å². The minimum absolute atomic E-state index is 0.0771. The third-order valence-electron chi connectivity index (χ3n) is 7.27. The molecule has 0 bridgehead atoms. The predicted octanol–water partition coefficient (Wildman–Crippen LogP) is 2.91. The van der Waals surface area contributed by atoms with E-state index < -0.39 is 6.10 Å². The second-order valence-corrected chi connectivity index (χ2v) is 9.73. The lowest BCUT2D eigenvalue weighted by Crippen LogP contribution is -2.55. The number of hydrogen-bond acceptors (Lipinski definition) is 5. The molecule has 7 heteroatoms. The molecular weight excluding hydrogens is 435 g/mol. The third-order valence-corrected chi connectivity index (χ3v) is 7.27. The Balaban J connectivity index is 1.22. The molecule has 0 saturated carbocycles. The normalized spacial score (nSPS) is 27.9. The summed E-state index contributed by atoms with van der Waals surface area (Å²) in [6, 6.07) is 14.9. The van der Waals surface area contributed by atoms with E-state index in [0.717, 1.165) is 31.4 Å². The van der Waals surface area contributed by atoms with Gasteiger partial charge < -0.3 is 19.5 Å². The monoisotopic (exact) mass is 468 g/mol. The summed E-state index contributed by atoms with van der Waals surface area (Å²) in [6.45, 7) is 3.14. The molecule has 2 saturated heterocycles. The molecule has 4 atom stereocenters. The SMILES string of the molecule is O=C(C[C@H]1CC[C@H]2[C@@H](COC[C@@H](O)CN2Cc2ccc(F)cc2)O1)N1CCc2ccccc2C1. The first-order valence-corrected chi connectivity index (χ1v) is 12.3. The first kappa shape index (κ1) is 23.4. The molecule has 1 N–H and O–H groups in total. The average molecular weight is 469 g/mol. The van der Waals surface area contributed by atoms with E-state index in [1.165, 1.54) is 23.3 Å².